The van der Waals surface area contributed by atoms with Gasteiger partial charge in [0, 0.05) is 23.5 Å². The molecular weight excluding hydrogens is 364 g/mol. The second kappa shape index (κ2) is 8.52. The maximum atomic E-state index is 12.7. The van der Waals surface area contributed by atoms with E-state index in [4.69, 9.17) is 4.74 Å². The zero-order valence-corrected chi connectivity index (χ0v) is 16.4. The van der Waals surface area contributed by atoms with Crippen LogP contribution in [0.4, 0.5) is 0 Å². The Hall–Kier alpha value is -2.41. The third-order valence-corrected chi connectivity index (χ3v) is 5.79. The first-order chi connectivity index (χ1) is 13.0. The Bertz CT molecular complexity index is 803. The lowest BCUT2D eigenvalue weighted by Gasteiger charge is -2.36. The molecule has 3 rings (SSSR count). The molecule has 2 aromatic rings. The number of carboxylic acid groups (broad SMARTS) is 1. The van der Waals surface area contributed by atoms with Crippen molar-refractivity contribution in [1.82, 2.24) is 9.88 Å². The molecule has 1 aromatic heterocycles. The van der Waals surface area contributed by atoms with E-state index >= 15 is 0 Å². The Morgan fingerprint density at radius 1 is 1.30 bits per heavy atom. The molecule has 0 saturated carbocycles. The molecule has 27 heavy (non-hydrogen) atoms. The van der Waals surface area contributed by atoms with Gasteiger partial charge in [0.25, 0.3) is 0 Å². The van der Waals surface area contributed by atoms with E-state index in [1.54, 1.807) is 4.90 Å². The number of aromatic nitrogens is 1. The molecule has 6 nitrogen and oxygen atoms in total. The highest BCUT2D eigenvalue weighted by Crippen LogP contribution is 2.27. The van der Waals surface area contributed by atoms with Gasteiger partial charge in [0.15, 0.2) is 0 Å². The van der Waals surface area contributed by atoms with E-state index in [0.717, 1.165) is 28.4 Å². The van der Waals surface area contributed by atoms with Crippen molar-refractivity contribution in [3.63, 3.8) is 0 Å². The minimum atomic E-state index is -0.828. The van der Waals surface area contributed by atoms with E-state index in [2.05, 4.69) is 4.98 Å². The summed E-state index contributed by atoms with van der Waals surface area (Å²) in [6.07, 6.45) is 1.54. The molecule has 1 aliphatic rings. The van der Waals surface area contributed by atoms with Gasteiger partial charge >= 0.3 is 5.97 Å². The molecule has 2 heterocycles. The lowest BCUT2D eigenvalue weighted by atomic mass is 9.93. The minimum absolute atomic E-state index is 0.0583. The normalized spacial score (nSPS) is 19.7. The Labute approximate surface area is 162 Å². The summed E-state index contributed by atoms with van der Waals surface area (Å²) in [5.41, 5.74) is 1.71. The quantitative estimate of drug-likeness (QED) is 0.820. The molecule has 0 aliphatic carbocycles. The summed E-state index contributed by atoms with van der Waals surface area (Å²) in [7, 11) is 0. The molecule has 1 aromatic carbocycles. The first-order valence-electron chi connectivity index (χ1n) is 9.17. The number of carbonyl (C=O) groups excluding carboxylic acids is 1. The number of carboxylic acids is 1. The van der Waals surface area contributed by atoms with Gasteiger partial charge in [-0.25, -0.2) is 4.98 Å². The fourth-order valence-corrected chi connectivity index (χ4v) is 4.12. The van der Waals surface area contributed by atoms with Gasteiger partial charge in [-0.15, -0.1) is 11.3 Å². The van der Waals surface area contributed by atoms with Crippen molar-refractivity contribution in [2.45, 2.75) is 39.2 Å². The summed E-state index contributed by atoms with van der Waals surface area (Å²) in [6.45, 7) is 4.83. The molecule has 144 valence electrons. The number of hydrogen-bond donors (Lipinski definition) is 1. The average Bonchev–Trinajstić information content (AvgIpc) is 3.11. The van der Waals surface area contributed by atoms with Crippen molar-refractivity contribution in [3.05, 3.63) is 35.3 Å². The van der Waals surface area contributed by atoms with Gasteiger partial charge in [-0.1, -0.05) is 0 Å². The molecule has 7 heteroatoms. The molecule has 2 unspecified atom stereocenters. The molecular formula is C20H24N2O4S. The molecule has 0 radical (unpaired) electrons. The van der Waals surface area contributed by atoms with Crippen LogP contribution in [-0.2, 0) is 16.0 Å². The van der Waals surface area contributed by atoms with Crippen LogP contribution in [-0.4, -0.2) is 46.1 Å². The van der Waals surface area contributed by atoms with Crippen LogP contribution in [0.15, 0.2) is 29.6 Å². The Morgan fingerprint density at radius 3 is 2.70 bits per heavy atom. The van der Waals surface area contributed by atoms with E-state index in [-0.39, 0.29) is 24.9 Å². The summed E-state index contributed by atoms with van der Waals surface area (Å²) in [4.78, 5) is 30.2. The lowest BCUT2D eigenvalue weighted by molar-refractivity contribution is -0.147. The third-order valence-electron chi connectivity index (χ3n) is 4.85. The number of aliphatic carboxylic acids is 1. The van der Waals surface area contributed by atoms with Crippen LogP contribution in [0.5, 0.6) is 5.75 Å². The molecule has 1 aliphatic heterocycles. The Morgan fingerprint density at radius 2 is 2.04 bits per heavy atom. The van der Waals surface area contributed by atoms with Crippen molar-refractivity contribution in [3.8, 4) is 16.3 Å². The maximum Gasteiger partial charge on any atom is 0.308 e. The molecule has 0 bridgehead atoms. The molecule has 1 fully saturated rings. The van der Waals surface area contributed by atoms with Crippen LogP contribution in [0.2, 0.25) is 0 Å². The fourth-order valence-electron chi connectivity index (χ4n) is 3.29. The van der Waals surface area contributed by atoms with Crippen molar-refractivity contribution in [2.75, 3.05) is 13.2 Å². The van der Waals surface area contributed by atoms with Crippen LogP contribution in [0.25, 0.3) is 10.6 Å². The van der Waals surface area contributed by atoms with E-state index in [1.165, 1.54) is 11.3 Å². The first kappa shape index (κ1) is 19.4. The van der Waals surface area contributed by atoms with Gasteiger partial charge in [0.2, 0.25) is 5.91 Å². The minimum Gasteiger partial charge on any atom is -0.494 e. The van der Waals surface area contributed by atoms with E-state index < -0.39 is 11.9 Å². The van der Waals surface area contributed by atoms with Crippen LogP contribution in [0, 0.1) is 5.92 Å². The number of carbonyl (C=O) groups is 2. The van der Waals surface area contributed by atoms with Crippen molar-refractivity contribution < 1.29 is 19.4 Å². The van der Waals surface area contributed by atoms with E-state index in [0.29, 0.717) is 13.0 Å². The highest BCUT2D eigenvalue weighted by Gasteiger charge is 2.32. The monoisotopic (exact) mass is 388 g/mol. The predicted octanol–water partition coefficient (Wildman–Crippen LogP) is 3.46. The number of piperidine rings is 1. The number of benzene rings is 1. The van der Waals surface area contributed by atoms with Gasteiger partial charge in [0.05, 0.1) is 24.6 Å². The van der Waals surface area contributed by atoms with Crippen molar-refractivity contribution in [1.29, 1.82) is 0 Å². The third kappa shape index (κ3) is 4.66. The number of rotatable bonds is 6. The van der Waals surface area contributed by atoms with Crippen LogP contribution in [0.3, 0.4) is 0 Å². The Balaban J connectivity index is 1.66. The van der Waals surface area contributed by atoms with Crippen molar-refractivity contribution in [2.24, 2.45) is 5.92 Å². The molecule has 1 N–H and O–H groups in total. The Kier molecular flexibility index (Phi) is 6.11. The summed E-state index contributed by atoms with van der Waals surface area (Å²) in [5, 5.41) is 12.0. The number of thiazole rings is 1. The largest absolute Gasteiger partial charge is 0.494 e. The van der Waals surface area contributed by atoms with Gasteiger partial charge in [0.1, 0.15) is 10.8 Å². The van der Waals surface area contributed by atoms with Gasteiger partial charge in [-0.3, -0.25) is 9.59 Å². The maximum absolute atomic E-state index is 12.7. The number of nitrogens with zero attached hydrogens (tertiary/aromatic N) is 2. The van der Waals surface area contributed by atoms with Gasteiger partial charge in [-0.05, 0) is 51.0 Å². The summed E-state index contributed by atoms with van der Waals surface area (Å²) in [6, 6.07) is 7.80. The van der Waals surface area contributed by atoms with Crippen LogP contribution < -0.4 is 4.74 Å². The van der Waals surface area contributed by atoms with E-state index in [9.17, 15) is 14.7 Å². The second-order valence-corrected chi connectivity index (χ2v) is 7.64. The van der Waals surface area contributed by atoms with Gasteiger partial charge in [-0.2, -0.15) is 0 Å². The number of ether oxygens (including phenoxy) is 1. The smallest absolute Gasteiger partial charge is 0.308 e. The number of amides is 1. The van der Waals surface area contributed by atoms with E-state index in [1.807, 2.05) is 43.5 Å². The van der Waals surface area contributed by atoms with Gasteiger partial charge < -0.3 is 14.7 Å². The SMILES string of the molecule is CCOc1ccc(-c2nc(CC(=O)N3CC(C(=O)O)CCC3C)cs2)cc1. The van der Waals surface area contributed by atoms with Crippen LogP contribution >= 0.6 is 11.3 Å². The second-order valence-electron chi connectivity index (χ2n) is 6.79. The molecule has 2 atom stereocenters. The molecule has 0 spiro atoms. The average molecular weight is 388 g/mol. The summed E-state index contributed by atoms with van der Waals surface area (Å²) >= 11 is 1.50. The predicted molar refractivity (Wildman–Crippen MR) is 104 cm³/mol. The van der Waals surface area contributed by atoms with Crippen LogP contribution in [0.1, 0.15) is 32.4 Å². The summed E-state index contributed by atoms with van der Waals surface area (Å²) in [5.74, 6) is -0.539. The van der Waals surface area contributed by atoms with Crippen molar-refractivity contribution >= 4 is 23.2 Å². The zero-order chi connectivity index (χ0) is 19.4. The highest BCUT2D eigenvalue weighted by molar-refractivity contribution is 7.13. The fraction of sp³-hybridized carbons (Fsp3) is 0.450. The standard InChI is InChI=1S/C20H24N2O4S/c1-3-26-17-8-6-14(7-9-17)19-21-16(12-27-19)10-18(23)22-11-15(20(24)25)5-4-13(22)2/h6-9,12-13,15H,3-5,10-11H2,1-2H3,(H,24,25). The molecule has 1 amide bonds. The summed E-state index contributed by atoms with van der Waals surface area (Å²) < 4.78 is 5.45. The number of likely N-dealkylation sites (tertiary alicyclic amines) is 1. The topological polar surface area (TPSA) is 79.7 Å². The zero-order valence-electron chi connectivity index (χ0n) is 15.6. The number of hydrogen-bond acceptors (Lipinski definition) is 5. The highest BCUT2D eigenvalue weighted by atomic mass is 32.1. The first-order valence-corrected chi connectivity index (χ1v) is 10.1. The lowest BCUT2D eigenvalue weighted by Crippen LogP contribution is -2.47. The molecule has 1 saturated heterocycles.